The molecule has 7 heteroatoms. The summed E-state index contributed by atoms with van der Waals surface area (Å²) < 4.78 is 5.26. The number of para-hydroxylation sites is 1. The average Bonchev–Trinajstić information content (AvgIpc) is 2.26. The summed E-state index contributed by atoms with van der Waals surface area (Å²) >= 11 is 0. The summed E-state index contributed by atoms with van der Waals surface area (Å²) in [4.78, 5) is 21.7. The van der Waals surface area contributed by atoms with Crippen molar-refractivity contribution in [3.8, 4) is 5.75 Å². The van der Waals surface area contributed by atoms with E-state index in [1.807, 2.05) is 0 Å². The lowest BCUT2D eigenvalue weighted by Gasteiger charge is -2.26. The Hall–Kier alpha value is -2.31. The molecule has 0 saturated heterocycles. The van der Waals surface area contributed by atoms with Crippen LogP contribution in [-0.2, 0) is 4.79 Å². The molecule has 1 amide bonds. The predicted molar refractivity (Wildman–Crippen MR) is 75.8 cm³/mol. The van der Waals surface area contributed by atoms with Crippen molar-refractivity contribution in [2.45, 2.75) is 32.7 Å². The number of amides is 1. The first-order valence-corrected chi connectivity index (χ1v) is 6.23. The minimum Gasteiger partial charge on any atom is -0.487 e. The van der Waals surface area contributed by atoms with Gasteiger partial charge in [0.2, 0.25) is 5.91 Å². The number of carbonyl (C=O) groups excluding carboxylic acids is 1. The predicted octanol–water partition coefficient (Wildman–Crippen LogP) is 2.06. The first-order valence-electron chi connectivity index (χ1n) is 6.23. The molecule has 0 spiro atoms. The van der Waals surface area contributed by atoms with Gasteiger partial charge in [0, 0.05) is 12.0 Å². The van der Waals surface area contributed by atoms with Crippen LogP contribution < -0.4 is 15.8 Å². The summed E-state index contributed by atoms with van der Waals surface area (Å²) in [5.41, 5.74) is 4.63. The van der Waals surface area contributed by atoms with Crippen LogP contribution in [0.5, 0.6) is 5.75 Å². The van der Waals surface area contributed by atoms with Crippen molar-refractivity contribution in [3.05, 3.63) is 28.3 Å². The lowest BCUT2D eigenvalue weighted by molar-refractivity contribution is -0.385. The molecule has 1 rings (SSSR count). The number of nitrogens with zero attached hydrogens (tertiary/aromatic N) is 1. The molecule has 0 unspecified atom stereocenters. The topological polar surface area (TPSA) is 107 Å². The van der Waals surface area contributed by atoms with Crippen molar-refractivity contribution in [3.63, 3.8) is 0 Å². The van der Waals surface area contributed by atoms with E-state index in [-0.39, 0.29) is 17.9 Å². The summed E-state index contributed by atoms with van der Waals surface area (Å²) in [7, 11) is 0. The number of nitrogens with two attached hydrogens (primary N) is 1. The maximum absolute atomic E-state index is 11.2. The van der Waals surface area contributed by atoms with E-state index in [1.54, 1.807) is 32.9 Å². The van der Waals surface area contributed by atoms with Gasteiger partial charge in [0.15, 0.2) is 5.75 Å². The van der Waals surface area contributed by atoms with Crippen LogP contribution in [0.1, 0.15) is 27.2 Å². The Morgan fingerprint density at radius 3 is 2.65 bits per heavy atom. The third-order valence-corrected chi connectivity index (χ3v) is 2.57. The van der Waals surface area contributed by atoms with Crippen LogP contribution in [0, 0.1) is 10.1 Å². The Labute approximate surface area is 117 Å². The second-order valence-corrected chi connectivity index (χ2v) is 4.99. The smallest absolute Gasteiger partial charge is 0.333 e. The zero-order valence-electron chi connectivity index (χ0n) is 11.8. The van der Waals surface area contributed by atoms with Crippen LogP contribution in [0.25, 0.3) is 0 Å². The second kappa shape index (κ2) is 6.23. The molecular formula is C13H19N3O4. The summed E-state index contributed by atoms with van der Waals surface area (Å²) in [6.45, 7) is 5.57. The fourth-order valence-corrected chi connectivity index (χ4v) is 1.93. The highest BCUT2D eigenvalue weighted by Crippen LogP contribution is 2.36. The summed E-state index contributed by atoms with van der Waals surface area (Å²) in [6.07, 6.45) is 0.0585. The molecule has 0 radical (unpaired) electrons. The fraction of sp³-hybridized carbons (Fsp3) is 0.462. The van der Waals surface area contributed by atoms with Gasteiger partial charge in [-0.3, -0.25) is 14.9 Å². The van der Waals surface area contributed by atoms with Crippen LogP contribution in [0.4, 0.5) is 11.4 Å². The molecule has 0 fully saturated rings. The number of ether oxygens (including phenoxy) is 1. The van der Waals surface area contributed by atoms with Gasteiger partial charge in [-0.25, -0.2) is 0 Å². The van der Waals surface area contributed by atoms with E-state index in [0.29, 0.717) is 12.3 Å². The molecule has 0 aliphatic heterocycles. The Balaban J connectivity index is 3.14. The molecule has 0 aromatic heterocycles. The van der Waals surface area contributed by atoms with Gasteiger partial charge >= 0.3 is 5.69 Å². The Morgan fingerprint density at radius 1 is 1.50 bits per heavy atom. The van der Waals surface area contributed by atoms with E-state index >= 15 is 0 Å². The highest BCUT2D eigenvalue weighted by molar-refractivity contribution is 5.76. The number of nitro benzene ring substituents is 1. The number of rotatable bonds is 7. The van der Waals surface area contributed by atoms with Crippen molar-refractivity contribution < 1.29 is 14.5 Å². The molecule has 0 aliphatic carbocycles. The normalized spacial score (nSPS) is 10.9. The first kappa shape index (κ1) is 15.7. The Bertz CT molecular complexity index is 514. The Kier molecular flexibility index (Phi) is 4.90. The third kappa shape index (κ3) is 4.11. The quantitative estimate of drug-likeness (QED) is 0.587. The average molecular weight is 281 g/mol. The molecule has 3 N–H and O–H groups in total. The fourth-order valence-electron chi connectivity index (χ4n) is 1.93. The van der Waals surface area contributed by atoms with Crippen molar-refractivity contribution in [1.82, 2.24) is 0 Å². The number of anilines is 1. The largest absolute Gasteiger partial charge is 0.487 e. The lowest BCUT2D eigenvalue weighted by Crippen LogP contribution is -2.36. The number of nitrogens with one attached hydrogen (secondary N) is 1. The second-order valence-electron chi connectivity index (χ2n) is 4.99. The molecule has 0 heterocycles. The van der Waals surface area contributed by atoms with Gasteiger partial charge < -0.3 is 15.8 Å². The zero-order valence-corrected chi connectivity index (χ0v) is 11.8. The number of nitro groups is 1. The summed E-state index contributed by atoms with van der Waals surface area (Å²) in [6, 6.07) is 4.76. The van der Waals surface area contributed by atoms with E-state index in [1.165, 1.54) is 6.07 Å². The number of benzene rings is 1. The highest BCUT2D eigenvalue weighted by atomic mass is 16.6. The molecule has 0 saturated carbocycles. The maximum atomic E-state index is 11.2. The van der Waals surface area contributed by atoms with E-state index in [4.69, 9.17) is 10.5 Å². The first-order chi connectivity index (χ1) is 9.26. The van der Waals surface area contributed by atoms with Crippen LogP contribution in [0.2, 0.25) is 0 Å². The molecule has 0 aliphatic rings. The molecule has 20 heavy (non-hydrogen) atoms. The van der Waals surface area contributed by atoms with Gasteiger partial charge in [-0.2, -0.15) is 0 Å². The third-order valence-electron chi connectivity index (χ3n) is 2.57. The SMILES string of the molecule is CCOc1cccc(NC(C)(C)CC(N)=O)c1[N+](=O)[O-]. The standard InChI is InChI=1S/C13H19N3O4/c1-4-20-10-7-5-6-9(12(10)16(18)19)15-13(2,3)8-11(14)17/h5-7,15H,4,8H2,1-3H3,(H2,14,17). The van der Waals surface area contributed by atoms with Crippen molar-refractivity contribution in [2.24, 2.45) is 5.73 Å². The maximum Gasteiger partial charge on any atom is 0.333 e. The van der Waals surface area contributed by atoms with E-state index in [0.717, 1.165) is 0 Å². The van der Waals surface area contributed by atoms with Gasteiger partial charge in [-0.05, 0) is 32.9 Å². The molecule has 0 atom stereocenters. The number of primary amides is 1. The van der Waals surface area contributed by atoms with Crippen LogP contribution in [0.3, 0.4) is 0 Å². The molecule has 110 valence electrons. The molecule has 1 aromatic carbocycles. The van der Waals surface area contributed by atoms with Gasteiger partial charge in [0.1, 0.15) is 5.69 Å². The van der Waals surface area contributed by atoms with Gasteiger partial charge in [0.05, 0.1) is 11.5 Å². The zero-order chi connectivity index (χ0) is 15.3. The van der Waals surface area contributed by atoms with Gasteiger partial charge in [-0.15, -0.1) is 0 Å². The van der Waals surface area contributed by atoms with Crippen molar-refractivity contribution in [1.29, 1.82) is 0 Å². The summed E-state index contributed by atoms with van der Waals surface area (Å²) in [5.74, 6) is -0.288. The minimum absolute atomic E-state index is 0.0585. The summed E-state index contributed by atoms with van der Waals surface area (Å²) in [5, 5.41) is 14.2. The number of hydrogen-bond donors (Lipinski definition) is 2. The van der Waals surface area contributed by atoms with Crippen LogP contribution >= 0.6 is 0 Å². The van der Waals surface area contributed by atoms with E-state index < -0.39 is 16.4 Å². The monoisotopic (exact) mass is 281 g/mol. The minimum atomic E-state index is -0.693. The molecule has 7 nitrogen and oxygen atoms in total. The number of hydrogen-bond acceptors (Lipinski definition) is 5. The number of carbonyl (C=O) groups is 1. The van der Waals surface area contributed by atoms with Gasteiger partial charge in [-0.1, -0.05) is 6.07 Å². The Morgan fingerprint density at radius 2 is 2.15 bits per heavy atom. The van der Waals surface area contributed by atoms with Crippen molar-refractivity contribution in [2.75, 3.05) is 11.9 Å². The lowest BCUT2D eigenvalue weighted by atomic mass is 9.99. The van der Waals surface area contributed by atoms with Crippen LogP contribution in [-0.4, -0.2) is 23.0 Å². The van der Waals surface area contributed by atoms with Gasteiger partial charge in [0.25, 0.3) is 0 Å². The highest BCUT2D eigenvalue weighted by Gasteiger charge is 2.27. The molecular weight excluding hydrogens is 262 g/mol. The molecule has 0 bridgehead atoms. The van der Waals surface area contributed by atoms with Crippen LogP contribution in [0.15, 0.2) is 18.2 Å². The van der Waals surface area contributed by atoms with E-state index in [9.17, 15) is 14.9 Å². The van der Waals surface area contributed by atoms with Crippen molar-refractivity contribution >= 4 is 17.3 Å². The molecule has 1 aromatic rings. The van der Waals surface area contributed by atoms with E-state index in [2.05, 4.69) is 5.32 Å².